The van der Waals surface area contributed by atoms with Crippen LogP contribution < -0.4 is 21.7 Å². The molecule has 0 saturated heterocycles. The summed E-state index contributed by atoms with van der Waals surface area (Å²) in [5.74, 6) is -1.22. The van der Waals surface area contributed by atoms with Crippen LogP contribution in [-0.2, 0) is 0 Å². The van der Waals surface area contributed by atoms with Gasteiger partial charge in [0, 0.05) is 12.6 Å². The van der Waals surface area contributed by atoms with Gasteiger partial charge in [-0.3, -0.25) is 15.6 Å². The largest absolute Gasteiger partial charge is 0.508 e. The van der Waals surface area contributed by atoms with Crippen molar-refractivity contribution in [1.82, 2.24) is 21.7 Å². The van der Waals surface area contributed by atoms with Crippen LogP contribution in [0.5, 0.6) is 11.5 Å². The lowest BCUT2D eigenvalue weighted by atomic mass is 10.1. The lowest BCUT2D eigenvalue weighted by molar-refractivity contribution is 0.0933. The van der Waals surface area contributed by atoms with Crippen LogP contribution in [0.15, 0.2) is 18.2 Å². The second-order valence-electron chi connectivity index (χ2n) is 7.55. The number of hydrogen-bond donors (Lipinski definition) is 6. The Morgan fingerprint density at radius 1 is 0.767 bits per heavy atom. The Labute approximate surface area is 179 Å². The number of amides is 3. The Morgan fingerprint density at radius 3 is 1.90 bits per heavy atom. The number of benzene rings is 1. The minimum absolute atomic E-state index is 0.0578. The third-order valence-electron chi connectivity index (χ3n) is 4.87. The van der Waals surface area contributed by atoms with Gasteiger partial charge >= 0.3 is 6.03 Å². The van der Waals surface area contributed by atoms with Gasteiger partial charge in [0.15, 0.2) is 0 Å². The van der Waals surface area contributed by atoms with Crippen LogP contribution in [0, 0.1) is 0 Å². The summed E-state index contributed by atoms with van der Waals surface area (Å²) in [6, 6.07) is 2.96. The maximum atomic E-state index is 11.9. The smallest absolute Gasteiger partial charge is 0.347 e. The normalized spacial score (nSPS) is 10.6. The van der Waals surface area contributed by atoms with E-state index in [1.54, 1.807) is 0 Å². The second-order valence-corrected chi connectivity index (χ2v) is 7.55. The molecular weight excluding hydrogens is 384 g/mol. The van der Waals surface area contributed by atoms with Gasteiger partial charge in [-0.05, 0) is 18.6 Å². The maximum absolute atomic E-state index is 11.9. The summed E-state index contributed by atoms with van der Waals surface area (Å²) in [5.41, 5.74) is 9.54. The molecule has 1 aromatic rings. The van der Waals surface area contributed by atoms with Gasteiger partial charge in [-0.25, -0.2) is 15.6 Å². The number of urea groups is 1. The highest BCUT2D eigenvalue weighted by Gasteiger charge is 2.12. The molecule has 1 rings (SSSR count). The molecule has 0 fully saturated rings. The zero-order valence-electron chi connectivity index (χ0n) is 18.1. The van der Waals surface area contributed by atoms with Gasteiger partial charge in [-0.1, -0.05) is 77.6 Å². The quantitative estimate of drug-likeness (QED) is 0.186. The lowest BCUT2D eigenvalue weighted by Crippen LogP contribution is -2.51. The summed E-state index contributed by atoms with van der Waals surface area (Å²) in [6.45, 7) is 2.89. The molecule has 170 valence electrons. The van der Waals surface area contributed by atoms with E-state index >= 15 is 0 Å². The fraction of sp³-hybridized carbons (Fsp3) is 0.636. The molecule has 8 heteroatoms. The van der Waals surface area contributed by atoms with Gasteiger partial charge in [-0.15, -0.1) is 0 Å². The van der Waals surface area contributed by atoms with E-state index in [2.05, 4.69) is 28.6 Å². The summed E-state index contributed by atoms with van der Waals surface area (Å²) in [7, 11) is 0. The van der Waals surface area contributed by atoms with Crippen LogP contribution in [0.25, 0.3) is 0 Å². The maximum Gasteiger partial charge on any atom is 0.347 e. The van der Waals surface area contributed by atoms with Crippen molar-refractivity contribution < 1.29 is 19.8 Å². The molecule has 8 nitrogen and oxygen atoms in total. The van der Waals surface area contributed by atoms with Gasteiger partial charge < -0.3 is 10.2 Å². The first-order valence-corrected chi connectivity index (χ1v) is 11.2. The molecule has 3 amide bonds. The SMILES string of the molecule is CCCCCCCCCCCCCCNNC(=O)NNC(=O)c1ccc(O)cc1O. The molecule has 0 aromatic heterocycles. The first-order valence-electron chi connectivity index (χ1n) is 11.2. The van der Waals surface area contributed by atoms with Crippen molar-refractivity contribution in [2.45, 2.75) is 84.0 Å². The van der Waals surface area contributed by atoms with E-state index in [4.69, 9.17) is 0 Å². The highest BCUT2D eigenvalue weighted by molar-refractivity contribution is 5.97. The molecule has 0 aliphatic rings. The summed E-state index contributed by atoms with van der Waals surface area (Å²) in [6.07, 6.45) is 15.3. The third kappa shape index (κ3) is 12.2. The van der Waals surface area contributed by atoms with Gasteiger partial charge in [0.25, 0.3) is 5.91 Å². The van der Waals surface area contributed by atoms with Gasteiger partial charge in [0.1, 0.15) is 11.5 Å². The first-order chi connectivity index (χ1) is 14.5. The highest BCUT2D eigenvalue weighted by Crippen LogP contribution is 2.22. The van der Waals surface area contributed by atoms with Crippen molar-refractivity contribution in [3.63, 3.8) is 0 Å². The van der Waals surface area contributed by atoms with Crippen molar-refractivity contribution in [2.75, 3.05) is 6.54 Å². The van der Waals surface area contributed by atoms with E-state index in [0.717, 1.165) is 18.9 Å². The highest BCUT2D eigenvalue weighted by atomic mass is 16.3. The molecule has 0 heterocycles. The Morgan fingerprint density at radius 2 is 1.33 bits per heavy atom. The van der Waals surface area contributed by atoms with Crippen LogP contribution in [0.3, 0.4) is 0 Å². The molecule has 0 aliphatic carbocycles. The number of carbonyl (C=O) groups excluding carboxylic acids is 2. The van der Waals surface area contributed by atoms with Crippen molar-refractivity contribution in [3.05, 3.63) is 23.8 Å². The number of unbranched alkanes of at least 4 members (excludes halogenated alkanes) is 11. The number of rotatable bonds is 15. The van der Waals surface area contributed by atoms with Crippen molar-refractivity contribution >= 4 is 11.9 Å². The number of hydrazine groups is 2. The average Bonchev–Trinajstić information content (AvgIpc) is 2.72. The fourth-order valence-corrected chi connectivity index (χ4v) is 3.12. The number of carbonyl (C=O) groups is 2. The third-order valence-corrected chi connectivity index (χ3v) is 4.87. The van der Waals surface area contributed by atoms with Gasteiger partial charge in [0.05, 0.1) is 5.56 Å². The van der Waals surface area contributed by atoms with E-state index in [0.29, 0.717) is 6.54 Å². The van der Waals surface area contributed by atoms with Crippen LogP contribution in [0.1, 0.15) is 94.3 Å². The second kappa shape index (κ2) is 16.3. The van der Waals surface area contributed by atoms with Gasteiger partial charge in [-0.2, -0.15) is 0 Å². The molecule has 0 spiro atoms. The summed E-state index contributed by atoms with van der Waals surface area (Å²) >= 11 is 0. The Balaban J connectivity index is 1.93. The molecule has 0 aliphatic heterocycles. The predicted octanol–water partition coefficient (Wildman–Crippen LogP) is 4.25. The number of phenols is 2. The minimum Gasteiger partial charge on any atom is -0.508 e. The Hall–Kier alpha value is -2.48. The molecule has 0 saturated carbocycles. The standard InChI is InChI=1S/C22H38N4O4/c1-2-3-4-5-6-7-8-9-10-11-12-13-16-23-25-22(30)26-24-21(29)19-15-14-18(27)17-20(19)28/h14-15,17,23,27-28H,2-13,16H2,1H3,(H,24,29)(H2,25,26,30). The van der Waals surface area contributed by atoms with Gasteiger partial charge in [0.2, 0.25) is 0 Å². The zero-order valence-corrected chi connectivity index (χ0v) is 18.1. The van der Waals surface area contributed by atoms with Crippen LogP contribution >= 0.6 is 0 Å². The van der Waals surface area contributed by atoms with E-state index in [-0.39, 0.29) is 17.1 Å². The van der Waals surface area contributed by atoms with Crippen LogP contribution in [0.4, 0.5) is 4.79 Å². The number of hydrogen-bond acceptors (Lipinski definition) is 5. The number of aromatic hydroxyl groups is 2. The molecule has 1 aromatic carbocycles. The Bertz CT molecular complexity index is 625. The zero-order chi connectivity index (χ0) is 22.0. The van der Waals surface area contributed by atoms with E-state index < -0.39 is 11.9 Å². The monoisotopic (exact) mass is 422 g/mol. The molecule has 30 heavy (non-hydrogen) atoms. The van der Waals surface area contributed by atoms with Crippen molar-refractivity contribution in [3.8, 4) is 11.5 Å². The van der Waals surface area contributed by atoms with E-state index in [1.165, 1.54) is 76.3 Å². The first kappa shape index (κ1) is 25.6. The lowest BCUT2D eigenvalue weighted by Gasteiger charge is -2.10. The minimum atomic E-state index is -0.691. The predicted molar refractivity (Wildman–Crippen MR) is 118 cm³/mol. The summed E-state index contributed by atoms with van der Waals surface area (Å²) in [4.78, 5) is 23.5. The fourth-order valence-electron chi connectivity index (χ4n) is 3.12. The molecule has 6 N–H and O–H groups in total. The topological polar surface area (TPSA) is 123 Å². The molecule has 0 radical (unpaired) electrons. The van der Waals surface area contributed by atoms with Crippen molar-refractivity contribution in [1.29, 1.82) is 0 Å². The summed E-state index contributed by atoms with van der Waals surface area (Å²) < 4.78 is 0. The van der Waals surface area contributed by atoms with E-state index in [1.807, 2.05) is 0 Å². The molecule has 0 bridgehead atoms. The average molecular weight is 423 g/mol. The van der Waals surface area contributed by atoms with Crippen LogP contribution in [-0.4, -0.2) is 28.7 Å². The molecule has 0 atom stereocenters. The van der Waals surface area contributed by atoms with Crippen LogP contribution in [0.2, 0.25) is 0 Å². The summed E-state index contributed by atoms with van der Waals surface area (Å²) in [5, 5.41) is 18.8. The van der Waals surface area contributed by atoms with Crippen molar-refractivity contribution in [2.24, 2.45) is 0 Å². The number of phenolic OH excluding ortho intramolecular Hbond substituents is 2. The number of nitrogens with one attached hydrogen (secondary N) is 4. The molecule has 0 unspecified atom stereocenters. The Kier molecular flexibility index (Phi) is 13.9. The molecular formula is C22H38N4O4. The van der Waals surface area contributed by atoms with E-state index in [9.17, 15) is 19.8 Å².